The smallest absolute Gasteiger partial charge is 0.259 e. The molecule has 0 spiro atoms. The standard InChI is InChI=1S/C17H13Cl2FN4O3/c1-7-15(16(19)24-23-7)22-17(27)9-4-11(20)8(5-14(9)26)12-3-2-10(18)13(6-25)21-12/h2-5,25-26H,6H2,1H3,(H,22,27)(H,23,24). The number of nitrogens with one attached hydrogen (secondary N) is 2. The number of hydrogen-bond acceptors (Lipinski definition) is 5. The number of aromatic hydroxyl groups is 1. The summed E-state index contributed by atoms with van der Waals surface area (Å²) in [5.41, 5.74) is 0.651. The number of aryl methyl sites for hydroxylation is 1. The fourth-order valence-corrected chi connectivity index (χ4v) is 2.81. The monoisotopic (exact) mass is 410 g/mol. The van der Waals surface area contributed by atoms with E-state index < -0.39 is 24.1 Å². The van der Waals surface area contributed by atoms with Crippen molar-refractivity contribution in [2.45, 2.75) is 13.5 Å². The van der Waals surface area contributed by atoms with Gasteiger partial charge in [0.1, 0.15) is 22.4 Å². The van der Waals surface area contributed by atoms with Gasteiger partial charge in [-0.3, -0.25) is 9.89 Å². The number of amides is 1. The van der Waals surface area contributed by atoms with Gasteiger partial charge in [0, 0.05) is 5.56 Å². The van der Waals surface area contributed by atoms with Gasteiger partial charge in [-0.1, -0.05) is 23.2 Å². The molecule has 0 atom stereocenters. The molecule has 27 heavy (non-hydrogen) atoms. The van der Waals surface area contributed by atoms with E-state index in [2.05, 4.69) is 20.5 Å². The van der Waals surface area contributed by atoms with Crippen LogP contribution in [0.1, 0.15) is 21.7 Å². The highest BCUT2D eigenvalue weighted by molar-refractivity contribution is 6.33. The summed E-state index contributed by atoms with van der Waals surface area (Å²) in [4.78, 5) is 16.4. The molecule has 0 aliphatic heterocycles. The van der Waals surface area contributed by atoms with Crippen LogP contribution in [0.3, 0.4) is 0 Å². The van der Waals surface area contributed by atoms with E-state index in [1.54, 1.807) is 6.92 Å². The predicted octanol–water partition coefficient (Wildman–Crippen LogP) is 3.68. The summed E-state index contributed by atoms with van der Waals surface area (Å²) >= 11 is 11.8. The summed E-state index contributed by atoms with van der Waals surface area (Å²) in [6.07, 6.45) is 0. The van der Waals surface area contributed by atoms with Crippen molar-refractivity contribution in [2.24, 2.45) is 0 Å². The van der Waals surface area contributed by atoms with E-state index in [0.717, 1.165) is 12.1 Å². The van der Waals surface area contributed by atoms with Gasteiger partial charge in [0.05, 0.1) is 34.3 Å². The number of carbonyl (C=O) groups is 1. The second kappa shape index (κ2) is 7.51. The van der Waals surface area contributed by atoms with Crippen LogP contribution in [0.5, 0.6) is 5.75 Å². The summed E-state index contributed by atoms with van der Waals surface area (Å²) in [5, 5.41) is 28.6. The zero-order chi connectivity index (χ0) is 19.7. The van der Waals surface area contributed by atoms with E-state index in [0.29, 0.717) is 5.69 Å². The van der Waals surface area contributed by atoms with Crippen LogP contribution in [0.15, 0.2) is 24.3 Å². The predicted molar refractivity (Wildman–Crippen MR) is 98.5 cm³/mol. The first-order valence-corrected chi connectivity index (χ1v) is 8.38. The number of aromatic nitrogens is 3. The van der Waals surface area contributed by atoms with Crippen molar-refractivity contribution >= 4 is 34.8 Å². The highest BCUT2D eigenvalue weighted by Crippen LogP contribution is 2.31. The van der Waals surface area contributed by atoms with Gasteiger partial charge in [-0.05, 0) is 31.2 Å². The van der Waals surface area contributed by atoms with Crippen molar-refractivity contribution in [1.82, 2.24) is 15.2 Å². The van der Waals surface area contributed by atoms with E-state index in [-0.39, 0.29) is 38.4 Å². The molecule has 0 aliphatic carbocycles. The van der Waals surface area contributed by atoms with Crippen molar-refractivity contribution < 1.29 is 19.4 Å². The van der Waals surface area contributed by atoms with Gasteiger partial charge >= 0.3 is 0 Å². The topological polar surface area (TPSA) is 111 Å². The Morgan fingerprint density at radius 2 is 2.07 bits per heavy atom. The number of anilines is 1. The Bertz CT molecular complexity index is 1020. The van der Waals surface area contributed by atoms with Crippen LogP contribution in [-0.2, 0) is 6.61 Å². The zero-order valence-electron chi connectivity index (χ0n) is 13.8. The van der Waals surface area contributed by atoms with E-state index in [4.69, 9.17) is 23.2 Å². The molecule has 2 heterocycles. The summed E-state index contributed by atoms with van der Waals surface area (Å²) in [6, 6.07) is 4.85. The first-order valence-electron chi connectivity index (χ1n) is 7.62. The first-order chi connectivity index (χ1) is 12.8. The van der Waals surface area contributed by atoms with E-state index in [1.807, 2.05) is 0 Å². The van der Waals surface area contributed by atoms with Crippen molar-refractivity contribution in [2.75, 3.05) is 5.32 Å². The molecule has 0 saturated carbocycles. The van der Waals surface area contributed by atoms with Crippen LogP contribution in [0.25, 0.3) is 11.3 Å². The lowest BCUT2D eigenvalue weighted by atomic mass is 10.1. The quantitative estimate of drug-likeness (QED) is 0.524. The molecule has 0 radical (unpaired) electrons. The number of halogens is 3. The van der Waals surface area contributed by atoms with Gasteiger partial charge in [-0.2, -0.15) is 5.10 Å². The highest BCUT2D eigenvalue weighted by atomic mass is 35.5. The largest absolute Gasteiger partial charge is 0.507 e. The average Bonchev–Trinajstić information content (AvgIpc) is 2.95. The number of H-pyrrole nitrogens is 1. The highest BCUT2D eigenvalue weighted by Gasteiger charge is 2.20. The fourth-order valence-electron chi connectivity index (χ4n) is 2.41. The van der Waals surface area contributed by atoms with Gasteiger partial charge in [0.25, 0.3) is 5.91 Å². The number of nitrogens with zero attached hydrogens (tertiary/aromatic N) is 2. The van der Waals surface area contributed by atoms with Gasteiger partial charge in [0.15, 0.2) is 0 Å². The Labute approximate surface area is 162 Å². The number of pyridine rings is 1. The lowest BCUT2D eigenvalue weighted by Gasteiger charge is -2.10. The number of benzene rings is 1. The molecule has 0 unspecified atom stereocenters. The fraction of sp³-hybridized carbons (Fsp3) is 0.118. The lowest BCUT2D eigenvalue weighted by molar-refractivity contribution is 0.102. The third-order valence-electron chi connectivity index (χ3n) is 3.82. The molecule has 0 saturated heterocycles. The molecule has 3 rings (SSSR count). The Kier molecular flexibility index (Phi) is 5.31. The van der Waals surface area contributed by atoms with Gasteiger partial charge in [0.2, 0.25) is 0 Å². The maximum absolute atomic E-state index is 14.6. The molecule has 7 nitrogen and oxygen atoms in total. The molecule has 1 aromatic carbocycles. The first kappa shape index (κ1) is 19.1. The summed E-state index contributed by atoms with van der Waals surface area (Å²) in [7, 11) is 0. The lowest BCUT2D eigenvalue weighted by Crippen LogP contribution is -2.13. The molecule has 4 N–H and O–H groups in total. The van der Waals surface area contributed by atoms with E-state index in [1.165, 1.54) is 12.1 Å². The minimum atomic E-state index is -0.785. The molecule has 0 fully saturated rings. The van der Waals surface area contributed by atoms with Crippen LogP contribution < -0.4 is 5.32 Å². The molecule has 10 heteroatoms. The number of hydrogen-bond donors (Lipinski definition) is 4. The second-order valence-corrected chi connectivity index (χ2v) is 6.37. The minimum absolute atomic E-state index is 0.0482. The summed E-state index contributed by atoms with van der Waals surface area (Å²) in [6.45, 7) is 1.19. The molecule has 0 aliphatic rings. The van der Waals surface area contributed by atoms with Gasteiger partial charge in [-0.15, -0.1) is 0 Å². The Hall–Kier alpha value is -2.68. The van der Waals surface area contributed by atoms with Gasteiger partial charge in [-0.25, -0.2) is 9.37 Å². The van der Waals surface area contributed by atoms with E-state index in [9.17, 15) is 19.4 Å². The Balaban J connectivity index is 1.96. The molecular weight excluding hydrogens is 398 g/mol. The minimum Gasteiger partial charge on any atom is -0.507 e. The SMILES string of the molecule is Cc1n[nH]c(Cl)c1NC(=O)c1cc(F)c(-c2ccc(Cl)c(CO)n2)cc1O. The summed E-state index contributed by atoms with van der Waals surface area (Å²) in [5.74, 6) is -2.00. The number of aliphatic hydroxyl groups excluding tert-OH is 1. The number of aliphatic hydroxyl groups is 1. The van der Waals surface area contributed by atoms with Crippen LogP contribution in [-0.4, -0.2) is 31.3 Å². The number of carbonyl (C=O) groups excluding carboxylic acids is 1. The maximum Gasteiger partial charge on any atom is 0.259 e. The molecule has 1 amide bonds. The average molecular weight is 411 g/mol. The number of phenols is 1. The van der Waals surface area contributed by atoms with Crippen LogP contribution in [0, 0.1) is 12.7 Å². The normalized spacial score (nSPS) is 10.9. The number of aromatic amines is 1. The molecule has 140 valence electrons. The second-order valence-electron chi connectivity index (χ2n) is 5.58. The summed E-state index contributed by atoms with van der Waals surface area (Å²) < 4.78 is 14.6. The molecule has 2 aromatic heterocycles. The Morgan fingerprint density at radius 1 is 1.33 bits per heavy atom. The van der Waals surface area contributed by atoms with Crippen molar-refractivity contribution in [3.8, 4) is 17.0 Å². The van der Waals surface area contributed by atoms with Crippen LogP contribution in [0.4, 0.5) is 10.1 Å². The third-order valence-corrected chi connectivity index (χ3v) is 4.43. The van der Waals surface area contributed by atoms with Crippen molar-refractivity contribution in [3.63, 3.8) is 0 Å². The van der Waals surface area contributed by atoms with Gasteiger partial charge < -0.3 is 15.5 Å². The Morgan fingerprint density at radius 3 is 2.70 bits per heavy atom. The number of phenolic OH excluding ortho intramolecular Hbond substituents is 1. The van der Waals surface area contributed by atoms with Crippen LogP contribution in [0.2, 0.25) is 10.2 Å². The number of rotatable bonds is 4. The van der Waals surface area contributed by atoms with E-state index >= 15 is 0 Å². The molecule has 3 aromatic rings. The van der Waals surface area contributed by atoms with Crippen LogP contribution >= 0.6 is 23.2 Å². The maximum atomic E-state index is 14.6. The third kappa shape index (κ3) is 3.73. The van der Waals surface area contributed by atoms with Crippen molar-refractivity contribution in [1.29, 1.82) is 0 Å². The van der Waals surface area contributed by atoms with Crippen molar-refractivity contribution in [3.05, 3.63) is 57.2 Å². The molecule has 0 bridgehead atoms. The molecular formula is C17H13Cl2FN4O3. The zero-order valence-corrected chi connectivity index (χ0v) is 15.4.